The van der Waals surface area contributed by atoms with E-state index in [1.165, 1.54) is 4.90 Å². The highest BCUT2D eigenvalue weighted by Crippen LogP contribution is 2.35. The van der Waals surface area contributed by atoms with E-state index in [-0.39, 0.29) is 6.04 Å². The maximum absolute atomic E-state index is 11.4. The van der Waals surface area contributed by atoms with Gasteiger partial charge in [0, 0.05) is 6.20 Å². The molecule has 2 aromatic carbocycles. The van der Waals surface area contributed by atoms with E-state index in [1.807, 2.05) is 60.7 Å². The van der Waals surface area contributed by atoms with Crippen LogP contribution in [0.3, 0.4) is 0 Å². The van der Waals surface area contributed by atoms with Gasteiger partial charge in [-0.2, -0.15) is 0 Å². The Labute approximate surface area is 111 Å². The second-order valence-electron chi connectivity index (χ2n) is 4.45. The number of rotatable bonds is 1. The maximum Gasteiger partial charge on any atom is 0.412 e. The lowest BCUT2D eigenvalue weighted by atomic mass is 9.91. The van der Waals surface area contributed by atoms with Crippen LogP contribution in [-0.2, 0) is 0 Å². The predicted molar refractivity (Wildman–Crippen MR) is 73.6 cm³/mol. The van der Waals surface area contributed by atoms with Crippen molar-refractivity contribution in [1.82, 2.24) is 4.90 Å². The van der Waals surface area contributed by atoms with E-state index in [0.717, 1.165) is 16.7 Å². The summed E-state index contributed by atoms with van der Waals surface area (Å²) in [4.78, 5) is 12.8. The van der Waals surface area contributed by atoms with Crippen LogP contribution in [0, 0.1) is 0 Å². The molecule has 0 saturated heterocycles. The molecule has 0 aliphatic carbocycles. The lowest BCUT2D eigenvalue weighted by Gasteiger charge is -2.31. The molecule has 3 rings (SSSR count). The summed E-state index contributed by atoms with van der Waals surface area (Å²) in [6.45, 7) is 0. The Kier molecular flexibility index (Phi) is 2.80. The molecule has 1 N–H and O–H groups in total. The monoisotopic (exact) mass is 251 g/mol. The highest BCUT2D eigenvalue weighted by Gasteiger charge is 2.28. The molecule has 1 aliphatic heterocycles. The average molecular weight is 251 g/mol. The molecule has 0 radical (unpaired) electrons. The molecule has 0 saturated carbocycles. The van der Waals surface area contributed by atoms with Crippen molar-refractivity contribution in [2.75, 3.05) is 0 Å². The van der Waals surface area contributed by atoms with Gasteiger partial charge in [-0.1, -0.05) is 54.6 Å². The Morgan fingerprint density at radius 3 is 2.42 bits per heavy atom. The molecule has 0 fully saturated rings. The first kappa shape index (κ1) is 11.5. The minimum atomic E-state index is -0.945. The van der Waals surface area contributed by atoms with Crippen LogP contribution in [0.4, 0.5) is 4.79 Å². The Balaban J connectivity index is 2.16. The van der Waals surface area contributed by atoms with Gasteiger partial charge in [-0.05, 0) is 22.8 Å². The molecule has 19 heavy (non-hydrogen) atoms. The molecule has 1 atom stereocenters. The summed E-state index contributed by atoms with van der Waals surface area (Å²) in [5.74, 6) is 0. The topological polar surface area (TPSA) is 40.5 Å². The van der Waals surface area contributed by atoms with Crippen molar-refractivity contribution in [3.05, 3.63) is 77.5 Å². The molecule has 1 aliphatic rings. The second kappa shape index (κ2) is 4.61. The van der Waals surface area contributed by atoms with Crippen LogP contribution >= 0.6 is 0 Å². The van der Waals surface area contributed by atoms with E-state index in [0.29, 0.717) is 0 Å². The smallest absolute Gasteiger partial charge is 0.412 e. The fourth-order valence-corrected chi connectivity index (χ4v) is 2.46. The van der Waals surface area contributed by atoms with Gasteiger partial charge in [0.15, 0.2) is 0 Å². The molecular weight excluding hydrogens is 238 g/mol. The number of benzene rings is 2. The Bertz CT molecular complexity index is 634. The fourth-order valence-electron chi connectivity index (χ4n) is 2.46. The molecule has 0 bridgehead atoms. The first-order valence-electron chi connectivity index (χ1n) is 6.11. The first-order chi connectivity index (χ1) is 9.27. The van der Waals surface area contributed by atoms with Gasteiger partial charge in [0.05, 0.1) is 6.04 Å². The number of carbonyl (C=O) groups is 1. The minimum absolute atomic E-state index is 0.278. The number of hydrogen-bond donors (Lipinski definition) is 1. The zero-order chi connectivity index (χ0) is 13.2. The molecule has 0 aromatic heterocycles. The van der Waals surface area contributed by atoms with Crippen LogP contribution in [0.2, 0.25) is 0 Å². The standard InChI is InChI=1S/C16H13NO2/c18-16(19)17-11-10-12-6-4-5-9-14(12)15(17)13-7-2-1-3-8-13/h1-11,15H,(H,18,19). The summed E-state index contributed by atoms with van der Waals surface area (Å²) in [7, 11) is 0. The SMILES string of the molecule is O=C(O)N1C=Cc2ccccc2C1c1ccccc1. The van der Waals surface area contributed by atoms with Crippen LogP contribution in [0.15, 0.2) is 60.8 Å². The van der Waals surface area contributed by atoms with Gasteiger partial charge in [-0.25, -0.2) is 4.79 Å². The highest BCUT2D eigenvalue weighted by atomic mass is 16.4. The zero-order valence-electron chi connectivity index (χ0n) is 10.2. The van der Waals surface area contributed by atoms with Gasteiger partial charge in [0.25, 0.3) is 0 Å². The lowest BCUT2D eigenvalue weighted by molar-refractivity contribution is 0.153. The summed E-state index contributed by atoms with van der Waals surface area (Å²) < 4.78 is 0. The van der Waals surface area contributed by atoms with Crippen molar-refractivity contribution in [3.8, 4) is 0 Å². The molecule has 94 valence electrons. The average Bonchev–Trinajstić information content (AvgIpc) is 2.46. The van der Waals surface area contributed by atoms with Crippen molar-refractivity contribution in [2.24, 2.45) is 0 Å². The normalized spacial score (nSPS) is 17.1. The fraction of sp³-hybridized carbons (Fsp3) is 0.0625. The third kappa shape index (κ3) is 1.99. The van der Waals surface area contributed by atoms with Crippen molar-refractivity contribution in [3.63, 3.8) is 0 Å². The molecule has 1 amide bonds. The Hall–Kier alpha value is -2.55. The maximum atomic E-state index is 11.4. The molecule has 0 spiro atoms. The van der Waals surface area contributed by atoms with Gasteiger partial charge in [-0.15, -0.1) is 0 Å². The molecule has 3 nitrogen and oxygen atoms in total. The summed E-state index contributed by atoms with van der Waals surface area (Å²) >= 11 is 0. The Morgan fingerprint density at radius 1 is 1.00 bits per heavy atom. The molecular formula is C16H13NO2. The van der Waals surface area contributed by atoms with Crippen LogP contribution in [-0.4, -0.2) is 16.1 Å². The third-order valence-corrected chi connectivity index (χ3v) is 3.32. The number of nitrogens with zero attached hydrogens (tertiary/aromatic N) is 1. The van der Waals surface area contributed by atoms with Gasteiger partial charge in [-0.3, -0.25) is 4.90 Å². The largest absolute Gasteiger partial charge is 0.465 e. The van der Waals surface area contributed by atoms with Gasteiger partial charge in [0.2, 0.25) is 0 Å². The zero-order valence-corrected chi connectivity index (χ0v) is 10.2. The van der Waals surface area contributed by atoms with E-state index in [2.05, 4.69) is 0 Å². The summed E-state index contributed by atoms with van der Waals surface area (Å²) in [5.41, 5.74) is 3.05. The predicted octanol–water partition coefficient (Wildman–Crippen LogP) is 3.74. The molecule has 3 heteroatoms. The van der Waals surface area contributed by atoms with E-state index in [9.17, 15) is 9.90 Å². The van der Waals surface area contributed by atoms with E-state index < -0.39 is 6.09 Å². The number of hydrogen-bond acceptors (Lipinski definition) is 1. The molecule has 1 unspecified atom stereocenters. The minimum Gasteiger partial charge on any atom is -0.465 e. The first-order valence-corrected chi connectivity index (χ1v) is 6.11. The summed E-state index contributed by atoms with van der Waals surface area (Å²) in [6.07, 6.45) is 2.52. The van der Waals surface area contributed by atoms with Gasteiger partial charge < -0.3 is 5.11 Å². The third-order valence-electron chi connectivity index (χ3n) is 3.32. The van der Waals surface area contributed by atoms with Crippen LogP contribution in [0.25, 0.3) is 6.08 Å². The lowest BCUT2D eigenvalue weighted by Crippen LogP contribution is -2.31. The Morgan fingerprint density at radius 2 is 1.68 bits per heavy atom. The number of carboxylic acid groups (broad SMARTS) is 1. The quantitative estimate of drug-likeness (QED) is 0.838. The van der Waals surface area contributed by atoms with Gasteiger partial charge >= 0.3 is 6.09 Å². The highest BCUT2D eigenvalue weighted by molar-refractivity contribution is 5.73. The number of amides is 1. The van der Waals surface area contributed by atoms with E-state index in [1.54, 1.807) is 6.20 Å². The van der Waals surface area contributed by atoms with Crippen LogP contribution in [0.5, 0.6) is 0 Å². The summed E-state index contributed by atoms with van der Waals surface area (Å²) in [5, 5.41) is 9.37. The van der Waals surface area contributed by atoms with Crippen molar-refractivity contribution < 1.29 is 9.90 Å². The van der Waals surface area contributed by atoms with Crippen LogP contribution in [0.1, 0.15) is 22.7 Å². The number of fused-ring (bicyclic) bond motifs is 1. The molecule has 2 aromatic rings. The van der Waals surface area contributed by atoms with Crippen molar-refractivity contribution in [1.29, 1.82) is 0 Å². The van der Waals surface area contributed by atoms with Gasteiger partial charge in [0.1, 0.15) is 0 Å². The summed E-state index contributed by atoms with van der Waals surface area (Å²) in [6, 6.07) is 17.3. The van der Waals surface area contributed by atoms with E-state index >= 15 is 0 Å². The molecule has 1 heterocycles. The van der Waals surface area contributed by atoms with Crippen LogP contribution < -0.4 is 0 Å². The van der Waals surface area contributed by atoms with E-state index in [4.69, 9.17) is 0 Å². The van der Waals surface area contributed by atoms with Crippen molar-refractivity contribution in [2.45, 2.75) is 6.04 Å². The van der Waals surface area contributed by atoms with Crippen molar-refractivity contribution >= 4 is 12.2 Å². The second-order valence-corrected chi connectivity index (χ2v) is 4.45.